The van der Waals surface area contributed by atoms with Crippen molar-refractivity contribution in [3.8, 4) is 11.3 Å². The van der Waals surface area contributed by atoms with Gasteiger partial charge in [-0.1, -0.05) is 30.3 Å². The lowest BCUT2D eigenvalue weighted by Crippen LogP contribution is -2.15. The third-order valence-corrected chi connectivity index (χ3v) is 7.26. The molecule has 190 valence electrons. The van der Waals surface area contributed by atoms with Crippen molar-refractivity contribution in [3.05, 3.63) is 81.2 Å². The third kappa shape index (κ3) is 5.24. The summed E-state index contributed by atoms with van der Waals surface area (Å²) in [5.74, 6) is -1.59. The second kappa shape index (κ2) is 10.9. The maximum absolute atomic E-state index is 13.7. The molecule has 4 aromatic rings. The number of rotatable bonds is 7. The molecule has 8 heteroatoms. The van der Waals surface area contributed by atoms with Gasteiger partial charge in [0.25, 0.3) is 5.91 Å². The van der Waals surface area contributed by atoms with Gasteiger partial charge in [0.1, 0.15) is 9.88 Å². The number of ether oxygens (including phenoxy) is 2. The number of hydrogen-bond acceptors (Lipinski definition) is 7. The summed E-state index contributed by atoms with van der Waals surface area (Å²) in [7, 11) is 0. The number of nitrogens with one attached hydrogen (secondary N) is 1. The number of pyridine rings is 1. The van der Waals surface area contributed by atoms with E-state index >= 15 is 0 Å². The summed E-state index contributed by atoms with van der Waals surface area (Å²) in [4.78, 5) is 44.0. The van der Waals surface area contributed by atoms with Gasteiger partial charge in [0, 0.05) is 10.9 Å². The molecule has 0 fully saturated rings. The molecule has 1 amide bonds. The molecule has 0 saturated heterocycles. The highest BCUT2D eigenvalue weighted by Gasteiger charge is 2.28. The van der Waals surface area contributed by atoms with Crippen LogP contribution >= 0.6 is 11.3 Å². The number of benzene rings is 2. The van der Waals surface area contributed by atoms with Crippen LogP contribution in [0.25, 0.3) is 22.2 Å². The number of esters is 2. The van der Waals surface area contributed by atoms with E-state index in [-0.39, 0.29) is 28.7 Å². The van der Waals surface area contributed by atoms with Crippen molar-refractivity contribution >= 4 is 45.1 Å². The number of nitrogens with zero attached hydrogens (tertiary/aromatic N) is 1. The molecule has 0 aliphatic carbocycles. The zero-order valence-electron chi connectivity index (χ0n) is 21.4. The first-order chi connectivity index (χ1) is 17.7. The van der Waals surface area contributed by atoms with E-state index in [1.807, 2.05) is 56.3 Å². The van der Waals surface area contributed by atoms with Gasteiger partial charge >= 0.3 is 11.9 Å². The van der Waals surface area contributed by atoms with E-state index in [9.17, 15) is 14.4 Å². The topological polar surface area (TPSA) is 94.6 Å². The predicted octanol–water partition coefficient (Wildman–Crippen LogP) is 6.49. The van der Waals surface area contributed by atoms with Gasteiger partial charge in [0.2, 0.25) is 0 Å². The largest absolute Gasteiger partial charge is 0.462 e. The van der Waals surface area contributed by atoms with Crippen LogP contribution in [0.1, 0.15) is 60.9 Å². The summed E-state index contributed by atoms with van der Waals surface area (Å²) >= 11 is 0.998. The summed E-state index contributed by atoms with van der Waals surface area (Å²) in [5.41, 5.74) is 5.47. The van der Waals surface area contributed by atoms with E-state index in [0.717, 1.165) is 22.5 Å². The first kappa shape index (κ1) is 26.0. The van der Waals surface area contributed by atoms with Crippen molar-refractivity contribution in [2.24, 2.45) is 0 Å². The van der Waals surface area contributed by atoms with Crippen molar-refractivity contribution in [3.63, 3.8) is 0 Å². The van der Waals surface area contributed by atoms with Crippen LogP contribution in [0.2, 0.25) is 0 Å². The third-order valence-electron chi connectivity index (χ3n) is 6.08. The number of amides is 1. The fraction of sp³-hybridized carbons (Fsp3) is 0.241. The number of carbonyl (C=O) groups is 3. The molecule has 0 aliphatic heterocycles. The van der Waals surface area contributed by atoms with Crippen LogP contribution in [0, 0.1) is 20.8 Å². The number of hydrogen-bond donors (Lipinski definition) is 1. The smallest absolute Gasteiger partial charge is 0.348 e. The van der Waals surface area contributed by atoms with Crippen molar-refractivity contribution < 1.29 is 23.9 Å². The van der Waals surface area contributed by atoms with Gasteiger partial charge in [0.15, 0.2) is 0 Å². The molecule has 0 aliphatic rings. The molecule has 0 atom stereocenters. The number of para-hydroxylation sites is 1. The maximum Gasteiger partial charge on any atom is 0.348 e. The SMILES string of the molecule is CCOC(=O)c1sc(NC(=O)c2cc(-c3ccc(C)c(C)c3)nc3ccccc23)c(C(=O)OCC)c1C. The molecule has 0 saturated carbocycles. The van der Waals surface area contributed by atoms with Gasteiger partial charge in [-0.15, -0.1) is 11.3 Å². The molecule has 0 unspecified atom stereocenters. The van der Waals surface area contributed by atoms with Crippen molar-refractivity contribution in [2.75, 3.05) is 18.5 Å². The van der Waals surface area contributed by atoms with E-state index in [1.54, 1.807) is 26.8 Å². The first-order valence-corrected chi connectivity index (χ1v) is 12.8. The van der Waals surface area contributed by atoms with Crippen molar-refractivity contribution in [1.82, 2.24) is 4.98 Å². The summed E-state index contributed by atoms with van der Waals surface area (Å²) in [6.45, 7) is 9.47. The Hall–Kier alpha value is -4.04. The van der Waals surface area contributed by atoms with Crippen LogP contribution in [-0.4, -0.2) is 36.0 Å². The van der Waals surface area contributed by atoms with Crippen LogP contribution in [0.5, 0.6) is 0 Å². The minimum Gasteiger partial charge on any atom is -0.462 e. The molecule has 1 N–H and O–H groups in total. The van der Waals surface area contributed by atoms with Crippen LogP contribution < -0.4 is 5.32 Å². The second-order valence-corrected chi connectivity index (χ2v) is 9.55. The van der Waals surface area contributed by atoms with Gasteiger partial charge in [-0.25, -0.2) is 14.6 Å². The highest BCUT2D eigenvalue weighted by Crippen LogP contribution is 2.35. The summed E-state index contributed by atoms with van der Waals surface area (Å²) in [5, 5.41) is 3.76. The highest BCUT2D eigenvalue weighted by atomic mass is 32.1. The number of anilines is 1. The standard InChI is InChI=1S/C29H28N2O5S/c1-6-35-28(33)24-18(5)25(29(34)36-7-2)37-27(24)31-26(32)21-15-23(19-13-12-16(3)17(4)14-19)30-22-11-9-8-10-20(21)22/h8-15H,6-7H2,1-5H3,(H,31,32). The fourth-order valence-electron chi connectivity index (χ4n) is 4.02. The second-order valence-electron chi connectivity index (χ2n) is 8.53. The van der Waals surface area contributed by atoms with Crippen LogP contribution in [0.3, 0.4) is 0 Å². The molecular weight excluding hydrogens is 488 g/mol. The highest BCUT2D eigenvalue weighted by molar-refractivity contribution is 7.18. The average molecular weight is 517 g/mol. The van der Waals surface area contributed by atoms with Gasteiger partial charge in [-0.2, -0.15) is 0 Å². The Morgan fingerprint density at radius 1 is 0.892 bits per heavy atom. The Labute approximate surface area is 219 Å². The fourth-order valence-corrected chi connectivity index (χ4v) is 5.11. The van der Waals surface area contributed by atoms with Crippen molar-refractivity contribution in [2.45, 2.75) is 34.6 Å². The number of thiophene rings is 1. The van der Waals surface area contributed by atoms with E-state index in [1.165, 1.54) is 5.56 Å². The molecule has 37 heavy (non-hydrogen) atoms. The predicted molar refractivity (Wildman–Crippen MR) is 146 cm³/mol. The Morgan fingerprint density at radius 3 is 2.30 bits per heavy atom. The van der Waals surface area contributed by atoms with Gasteiger partial charge in [-0.3, -0.25) is 4.79 Å². The molecule has 2 aromatic carbocycles. The normalized spacial score (nSPS) is 10.8. The molecule has 0 radical (unpaired) electrons. The first-order valence-electron chi connectivity index (χ1n) is 12.0. The van der Waals surface area contributed by atoms with Gasteiger partial charge in [-0.05, 0) is 69.5 Å². The Bertz CT molecular complexity index is 1520. The lowest BCUT2D eigenvalue weighted by molar-refractivity contribution is 0.0527. The molecule has 7 nitrogen and oxygen atoms in total. The van der Waals surface area contributed by atoms with E-state index in [2.05, 4.69) is 5.32 Å². The summed E-state index contributed by atoms with van der Waals surface area (Å²) in [6, 6.07) is 15.2. The quantitative estimate of drug-likeness (QED) is 0.282. The number of fused-ring (bicyclic) bond motifs is 1. The Morgan fingerprint density at radius 2 is 1.59 bits per heavy atom. The Balaban J connectivity index is 1.81. The van der Waals surface area contributed by atoms with Crippen LogP contribution in [0.4, 0.5) is 5.00 Å². The number of carbonyl (C=O) groups excluding carboxylic acids is 3. The molecule has 0 bridgehead atoms. The Kier molecular flexibility index (Phi) is 7.69. The van der Waals surface area contributed by atoms with Crippen LogP contribution in [-0.2, 0) is 9.47 Å². The molecule has 2 aromatic heterocycles. The average Bonchev–Trinajstić information content (AvgIpc) is 3.20. The lowest BCUT2D eigenvalue weighted by Gasteiger charge is -2.12. The summed E-state index contributed by atoms with van der Waals surface area (Å²) < 4.78 is 10.4. The molecule has 0 spiro atoms. The minimum atomic E-state index is -0.613. The maximum atomic E-state index is 13.7. The van der Waals surface area contributed by atoms with E-state index in [0.29, 0.717) is 27.7 Å². The van der Waals surface area contributed by atoms with E-state index < -0.39 is 17.8 Å². The molecular formula is C29H28N2O5S. The van der Waals surface area contributed by atoms with Gasteiger partial charge < -0.3 is 14.8 Å². The molecule has 4 rings (SSSR count). The number of aryl methyl sites for hydroxylation is 2. The number of aromatic nitrogens is 1. The molecule has 2 heterocycles. The summed E-state index contributed by atoms with van der Waals surface area (Å²) in [6.07, 6.45) is 0. The monoisotopic (exact) mass is 516 g/mol. The van der Waals surface area contributed by atoms with Gasteiger partial charge in [0.05, 0.1) is 35.6 Å². The zero-order chi connectivity index (χ0) is 26.7. The lowest BCUT2D eigenvalue weighted by atomic mass is 10.0. The van der Waals surface area contributed by atoms with Crippen LogP contribution in [0.15, 0.2) is 48.5 Å². The van der Waals surface area contributed by atoms with Crippen molar-refractivity contribution in [1.29, 1.82) is 0 Å². The zero-order valence-corrected chi connectivity index (χ0v) is 22.2. The van der Waals surface area contributed by atoms with E-state index in [4.69, 9.17) is 14.5 Å². The minimum absolute atomic E-state index is 0.149.